The van der Waals surface area contributed by atoms with Crippen molar-refractivity contribution in [3.05, 3.63) is 42.2 Å². The highest BCUT2D eigenvalue weighted by Crippen LogP contribution is 2.17. The highest BCUT2D eigenvalue weighted by Gasteiger charge is 2.10. The standard InChI is InChI=1S/C16H20N4O2S/c1-4-20-9-8-17-16(20)23-11-14(21)18-13-7-5-6-12(10-13)15(22)19(2)3/h5-10H,4,11H2,1-3H3,(H,18,21). The molecule has 0 spiro atoms. The number of hydrogen-bond donors (Lipinski definition) is 1. The Morgan fingerprint density at radius 1 is 1.35 bits per heavy atom. The van der Waals surface area contributed by atoms with Gasteiger partial charge in [-0.1, -0.05) is 17.8 Å². The molecule has 0 atom stereocenters. The van der Waals surface area contributed by atoms with Crippen LogP contribution in [-0.4, -0.2) is 46.1 Å². The molecule has 6 nitrogen and oxygen atoms in total. The molecule has 2 amide bonds. The van der Waals surface area contributed by atoms with E-state index in [-0.39, 0.29) is 17.6 Å². The summed E-state index contributed by atoms with van der Waals surface area (Å²) in [5, 5.41) is 3.63. The monoisotopic (exact) mass is 332 g/mol. The number of amides is 2. The highest BCUT2D eigenvalue weighted by atomic mass is 32.2. The van der Waals surface area contributed by atoms with Gasteiger partial charge in [0.05, 0.1) is 5.75 Å². The first-order chi connectivity index (χ1) is 11.0. The van der Waals surface area contributed by atoms with Gasteiger partial charge in [-0.15, -0.1) is 0 Å². The van der Waals surface area contributed by atoms with Crippen molar-refractivity contribution in [3.8, 4) is 0 Å². The average Bonchev–Trinajstić information content (AvgIpc) is 3.00. The molecule has 122 valence electrons. The van der Waals surface area contributed by atoms with Gasteiger partial charge < -0.3 is 14.8 Å². The number of nitrogens with one attached hydrogen (secondary N) is 1. The van der Waals surface area contributed by atoms with E-state index in [1.165, 1.54) is 16.7 Å². The van der Waals surface area contributed by atoms with Crippen LogP contribution in [0.25, 0.3) is 0 Å². The molecule has 2 aromatic rings. The van der Waals surface area contributed by atoms with Gasteiger partial charge in [0.15, 0.2) is 5.16 Å². The van der Waals surface area contributed by atoms with Crippen molar-refractivity contribution in [3.63, 3.8) is 0 Å². The van der Waals surface area contributed by atoms with E-state index in [1.807, 2.05) is 17.7 Å². The van der Waals surface area contributed by atoms with Crippen molar-refractivity contribution in [2.75, 3.05) is 25.2 Å². The second kappa shape index (κ2) is 7.82. The fourth-order valence-electron chi connectivity index (χ4n) is 1.99. The van der Waals surface area contributed by atoms with Gasteiger partial charge in [0.25, 0.3) is 5.91 Å². The number of benzene rings is 1. The van der Waals surface area contributed by atoms with Gasteiger partial charge in [0.1, 0.15) is 0 Å². The van der Waals surface area contributed by atoms with Crippen molar-refractivity contribution in [2.24, 2.45) is 0 Å². The second-order valence-electron chi connectivity index (χ2n) is 5.11. The molecule has 2 rings (SSSR count). The van der Waals surface area contributed by atoms with E-state index < -0.39 is 0 Å². The molecule has 0 unspecified atom stereocenters. The number of rotatable bonds is 6. The van der Waals surface area contributed by atoms with Crippen molar-refractivity contribution in [1.29, 1.82) is 0 Å². The molecule has 7 heteroatoms. The Kier molecular flexibility index (Phi) is 5.81. The van der Waals surface area contributed by atoms with Crippen LogP contribution >= 0.6 is 11.8 Å². The van der Waals surface area contributed by atoms with Crippen LogP contribution in [0.3, 0.4) is 0 Å². The van der Waals surface area contributed by atoms with Crippen molar-refractivity contribution in [2.45, 2.75) is 18.6 Å². The maximum absolute atomic E-state index is 12.1. The number of aryl methyl sites for hydroxylation is 1. The lowest BCUT2D eigenvalue weighted by atomic mass is 10.2. The minimum atomic E-state index is -0.130. The fraction of sp³-hybridized carbons (Fsp3) is 0.312. The summed E-state index contributed by atoms with van der Waals surface area (Å²) in [4.78, 5) is 29.7. The topological polar surface area (TPSA) is 67.2 Å². The molecule has 1 N–H and O–H groups in total. The van der Waals surface area contributed by atoms with Gasteiger partial charge in [-0.25, -0.2) is 4.98 Å². The van der Waals surface area contributed by atoms with E-state index in [1.54, 1.807) is 44.6 Å². The van der Waals surface area contributed by atoms with Crippen LogP contribution < -0.4 is 5.32 Å². The number of carbonyl (C=O) groups is 2. The Morgan fingerprint density at radius 3 is 2.83 bits per heavy atom. The molecule has 0 aliphatic rings. The third-order valence-corrected chi connectivity index (χ3v) is 4.15. The van der Waals surface area contributed by atoms with Crippen LogP contribution in [0.15, 0.2) is 41.8 Å². The van der Waals surface area contributed by atoms with E-state index in [0.29, 0.717) is 11.3 Å². The van der Waals surface area contributed by atoms with Gasteiger partial charge in [-0.05, 0) is 25.1 Å². The van der Waals surface area contributed by atoms with Gasteiger partial charge >= 0.3 is 0 Å². The lowest BCUT2D eigenvalue weighted by Gasteiger charge is -2.11. The summed E-state index contributed by atoms with van der Waals surface area (Å²) in [7, 11) is 3.39. The minimum Gasteiger partial charge on any atom is -0.345 e. The Labute approximate surface area is 139 Å². The van der Waals surface area contributed by atoms with Crippen molar-refractivity contribution >= 4 is 29.3 Å². The summed E-state index contributed by atoms with van der Waals surface area (Å²) in [6.45, 7) is 2.84. The molecule has 0 radical (unpaired) electrons. The van der Waals surface area contributed by atoms with Gasteiger partial charge in [0, 0.05) is 44.3 Å². The molecule has 0 fully saturated rings. The SMILES string of the molecule is CCn1ccnc1SCC(=O)Nc1cccc(C(=O)N(C)C)c1. The van der Waals surface area contributed by atoms with Crippen LogP contribution in [-0.2, 0) is 11.3 Å². The lowest BCUT2D eigenvalue weighted by Crippen LogP contribution is -2.22. The largest absolute Gasteiger partial charge is 0.345 e. The van der Waals surface area contributed by atoms with Crippen molar-refractivity contribution in [1.82, 2.24) is 14.5 Å². The summed E-state index contributed by atoms with van der Waals surface area (Å²) < 4.78 is 1.98. The molecular formula is C16H20N4O2S. The van der Waals surface area contributed by atoms with Crippen LogP contribution in [0.5, 0.6) is 0 Å². The fourth-order valence-corrected chi connectivity index (χ4v) is 2.82. The van der Waals surface area contributed by atoms with E-state index >= 15 is 0 Å². The Morgan fingerprint density at radius 2 is 2.13 bits per heavy atom. The molecular weight excluding hydrogens is 312 g/mol. The molecule has 0 saturated carbocycles. The Balaban J connectivity index is 1.95. The van der Waals surface area contributed by atoms with Crippen LogP contribution in [0.4, 0.5) is 5.69 Å². The molecule has 0 aliphatic heterocycles. The Hall–Kier alpha value is -2.28. The first-order valence-electron chi connectivity index (χ1n) is 7.26. The predicted octanol–water partition coefficient (Wildman–Crippen LogP) is 2.34. The molecule has 1 aromatic heterocycles. The number of carbonyl (C=O) groups excluding carboxylic acids is 2. The number of aromatic nitrogens is 2. The summed E-state index contributed by atoms with van der Waals surface area (Å²) >= 11 is 1.39. The summed E-state index contributed by atoms with van der Waals surface area (Å²) in [6, 6.07) is 6.92. The first-order valence-corrected chi connectivity index (χ1v) is 8.25. The molecule has 23 heavy (non-hydrogen) atoms. The van der Waals surface area contributed by atoms with Crippen LogP contribution in [0.2, 0.25) is 0 Å². The van der Waals surface area contributed by atoms with E-state index in [0.717, 1.165) is 11.7 Å². The quantitative estimate of drug-likeness (QED) is 0.825. The number of anilines is 1. The van der Waals surface area contributed by atoms with Gasteiger partial charge in [-0.2, -0.15) is 0 Å². The Bertz CT molecular complexity index is 697. The smallest absolute Gasteiger partial charge is 0.253 e. The molecule has 1 heterocycles. The summed E-state index contributed by atoms with van der Waals surface area (Å²) in [5.74, 6) is 0.0404. The number of hydrogen-bond acceptors (Lipinski definition) is 4. The molecule has 0 saturated heterocycles. The number of nitrogens with zero attached hydrogens (tertiary/aromatic N) is 3. The molecule has 0 bridgehead atoms. The van der Waals surface area contributed by atoms with Gasteiger partial charge in [0.2, 0.25) is 5.91 Å². The first kappa shape index (κ1) is 17.1. The second-order valence-corrected chi connectivity index (χ2v) is 6.06. The molecule has 0 aliphatic carbocycles. The van der Waals surface area contributed by atoms with E-state index in [4.69, 9.17) is 0 Å². The zero-order valence-electron chi connectivity index (χ0n) is 13.4. The minimum absolute atomic E-state index is 0.0968. The van der Waals surface area contributed by atoms with E-state index in [9.17, 15) is 9.59 Å². The maximum Gasteiger partial charge on any atom is 0.253 e. The average molecular weight is 332 g/mol. The normalized spacial score (nSPS) is 10.4. The van der Waals surface area contributed by atoms with Crippen LogP contribution in [0.1, 0.15) is 17.3 Å². The maximum atomic E-state index is 12.1. The predicted molar refractivity (Wildman–Crippen MR) is 91.7 cm³/mol. The van der Waals surface area contributed by atoms with E-state index in [2.05, 4.69) is 10.3 Å². The lowest BCUT2D eigenvalue weighted by molar-refractivity contribution is -0.113. The third-order valence-electron chi connectivity index (χ3n) is 3.15. The number of thioether (sulfide) groups is 1. The molecule has 1 aromatic carbocycles. The third kappa shape index (κ3) is 4.59. The zero-order chi connectivity index (χ0) is 16.8. The van der Waals surface area contributed by atoms with Crippen LogP contribution in [0, 0.1) is 0 Å². The summed E-state index contributed by atoms with van der Waals surface area (Å²) in [5.41, 5.74) is 1.16. The highest BCUT2D eigenvalue weighted by molar-refractivity contribution is 7.99. The number of imidazole rings is 1. The zero-order valence-corrected chi connectivity index (χ0v) is 14.3. The summed E-state index contributed by atoms with van der Waals surface area (Å²) in [6.07, 6.45) is 3.61. The van der Waals surface area contributed by atoms with Gasteiger partial charge in [-0.3, -0.25) is 9.59 Å². The van der Waals surface area contributed by atoms with Crippen molar-refractivity contribution < 1.29 is 9.59 Å².